The van der Waals surface area contributed by atoms with Crippen LogP contribution in [0.5, 0.6) is 0 Å². The van der Waals surface area contributed by atoms with E-state index in [0.29, 0.717) is 50.9 Å². The van der Waals surface area contributed by atoms with Gasteiger partial charge in [0.2, 0.25) is 0 Å². The maximum atomic E-state index is 8.45. The number of nitrogens with zero attached hydrogens (tertiary/aromatic N) is 3. The van der Waals surface area contributed by atoms with E-state index in [9.17, 15) is 0 Å². The molecule has 0 saturated carbocycles. The fourth-order valence-electron chi connectivity index (χ4n) is 5.05. The van der Waals surface area contributed by atoms with Gasteiger partial charge in [0.25, 0.3) is 0 Å². The minimum absolute atomic E-state index is 0.0748. The van der Waals surface area contributed by atoms with E-state index in [1.165, 1.54) is 0 Å². The Labute approximate surface area is 263 Å². The lowest BCUT2D eigenvalue weighted by Crippen LogP contribution is -2.00. The minimum Gasteiger partial charge on any atom is -0.455 e. The van der Waals surface area contributed by atoms with Crippen molar-refractivity contribution in [2.24, 2.45) is 0 Å². The van der Waals surface area contributed by atoms with Crippen LogP contribution in [0.3, 0.4) is 0 Å². The van der Waals surface area contributed by atoms with Crippen molar-refractivity contribution in [2.45, 2.75) is 0 Å². The third-order valence-electron chi connectivity index (χ3n) is 7.13. The molecule has 8 aromatic rings. The van der Waals surface area contributed by atoms with E-state index < -0.39 is 36.3 Å². The van der Waals surface area contributed by atoms with Gasteiger partial charge in [-0.1, -0.05) is 133 Å². The van der Waals surface area contributed by atoms with Crippen LogP contribution < -0.4 is 0 Å². The van der Waals surface area contributed by atoms with Crippen molar-refractivity contribution in [1.29, 1.82) is 0 Å². The summed E-state index contributed by atoms with van der Waals surface area (Å²) in [5.41, 5.74) is 3.86. The van der Waals surface area contributed by atoms with E-state index in [2.05, 4.69) is 0 Å². The molecule has 2 heterocycles. The van der Waals surface area contributed by atoms with Crippen LogP contribution in [0.25, 0.3) is 78.4 Å². The maximum absolute atomic E-state index is 8.45. The van der Waals surface area contributed by atoms with Crippen LogP contribution in [0.1, 0.15) is 13.7 Å². The number of rotatable bonds is 5. The van der Waals surface area contributed by atoms with Crippen LogP contribution in [0.2, 0.25) is 0 Å². The minimum atomic E-state index is -0.463. The fourth-order valence-corrected chi connectivity index (χ4v) is 5.05. The van der Waals surface area contributed by atoms with Crippen LogP contribution in [0.4, 0.5) is 0 Å². The van der Waals surface area contributed by atoms with E-state index in [1.807, 2.05) is 48.5 Å². The maximum Gasteiger partial charge on any atom is 0.167 e. The SMILES string of the molecule is [2H]c1c([2H])c([2H])c(-c2ccc(-c3nc(-c4ccccc4)nc(-c4cccc5c4oc4cc(-c6c([2H])c([2H])c([2H])c([2H])c6[2H])ccc45)n3)cc2)c([2H])c1[2H]. The average Bonchev–Trinajstić information content (AvgIpc) is 3.56. The van der Waals surface area contributed by atoms with Gasteiger partial charge < -0.3 is 4.42 Å². The van der Waals surface area contributed by atoms with Crippen molar-refractivity contribution in [2.75, 3.05) is 0 Å². The first-order valence-corrected chi connectivity index (χ1v) is 13.5. The monoisotopic (exact) mass is 561 g/mol. The molecule has 0 bridgehead atoms. The fraction of sp³-hybridized carbons (Fsp3) is 0. The molecular formula is C39H25N3O. The van der Waals surface area contributed by atoms with E-state index >= 15 is 0 Å². The summed E-state index contributed by atoms with van der Waals surface area (Å²) in [6.07, 6.45) is 0. The topological polar surface area (TPSA) is 51.8 Å². The number of aromatic nitrogens is 3. The predicted molar refractivity (Wildman–Crippen MR) is 174 cm³/mol. The van der Waals surface area contributed by atoms with Crippen LogP contribution in [0.15, 0.2) is 156 Å². The standard InChI is InChI=1S/C39H25N3O/c1-4-11-26(12-5-1)28-19-21-30(22-20-28)38-40-37(29-15-8-3-9-16-29)41-39(42-38)34-18-10-17-33-32-24-23-31(25-35(32)43-36(33)34)27-13-6-2-7-14-27/h1-25H/i1D,2D,4D,5D,6D,7D,11D,12D,13D,14D. The molecule has 0 amide bonds. The molecule has 8 rings (SSSR count). The smallest absolute Gasteiger partial charge is 0.167 e. The summed E-state index contributed by atoms with van der Waals surface area (Å²) >= 11 is 0. The molecule has 2 aromatic heterocycles. The molecule has 0 N–H and O–H groups in total. The van der Waals surface area contributed by atoms with Crippen molar-refractivity contribution in [3.8, 4) is 56.4 Å². The molecule has 0 aliphatic heterocycles. The van der Waals surface area contributed by atoms with E-state index in [4.69, 9.17) is 33.1 Å². The Morgan fingerprint density at radius 3 is 1.72 bits per heavy atom. The number of fused-ring (bicyclic) bond motifs is 3. The highest BCUT2D eigenvalue weighted by molar-refractivity contribution is 6.09. The number of para-hydroxylation sites is 1. The van der Waals surface area contributed by atoms with Gasteiger partial charge in [0.1, 0.15) is 11.2 Å². The van der Waals surface area contributed by atoms with Gasteiger partial charge in [-0.05, 0) is 40.5 Å². The normalized spacial score (nSPS) is 14.5. The van der Waals surface area contributed by atoms with Gasteiger partial charge in [-0.15, -0.1) is 0 Å². The van der Waals surface area contributed by atoms with Gasteiger partial charge in [0.15, 0.2) is 17.5 Å². The Bertz CT molecular complexity index is 2730. The molecule has 0 aliphatic rings. The van der Waals surface area contributed by atoms with Gasteiger partial charge in [-0.25, -0.2) is 15.0 Å². The van der Waals surface area contributed by atoms with E-state index in [1.54, 1.807) is 42.5 Å². The molecule has 4 nitrogen and oxygen atoms in total. The zero-order valence-electron chi connectivity index (χ0n) is 32.4. The Morgan fingerprint density at radius 1 is 0.442 bits per heavy atom. The zero-order valence-corrected chi connectivity index (χ0v) is 22.4. The Hall–Kier alpha value is -5.87. The largest absolute Gasteiger partial charge is 0.455 e. The third-order valence-corrected chi connectivity index (χ3v) is 7.13. The summed E-state index contributed by atoms with van der Waals surface area (Å²) < 4.78 is 88.4. The molecule has 0 fully saturated rings. The third kappa shape index (κ3) is 4.65. The van der Waals surface area contributed by atoms with Crippen molar-refractivity contribution < 1.29 is 18.1 Å². The lowest BCUT2D eigenvalue weighted by Gasteiger charge is -2.09. The second kappa shape index (κ2) is 10.5. The second-order valence-electron chi connectivity index (χ2n) is 9.74. The summed E-state index contributed by atoms with van der Waals surface area (Å²) in [5.74, 6) is 1.05. The van der Waals surface area contributed by atoms with Crippen LogP contribution >= 0.6 is 0 Å². The molecule has 202 valence electrons. The first-order valence-electron chi connectivity index (χ1n) is 18.5. The van der Waals surface area contributed by atoms with Crippen LogP contribution in [0, 0.1) is 0 Å². The molecule has 6 aromatic carbocycles. The Balaban J connectivity index is 1.28. The highest BCUT2D eigenvalue weighted by Crippen LogP contribution is 2.37. The molecular weight excluding hydrogens is 526 g/mol. The van der Waals surface area contributed by atoms with Crippen molar-refractivity contribution in [3.05, 3.63) is 151 Å². The predicted octanol–water partition coefficient (Wildman–Crippen LogP) is 10.1. The Kier molecular flexibility index (Phi) is 4.04. The highest BCUT2D eigenvalue weighted by Gasteiger charge is 2.18. The van der Waals surface area contributed by atoms with Gasteiger partial charge in [0.05, 0.1) is 19.3 Å². The van der Waals surface area contributed by atoms with Gasteiger partial charge in [-0.3, -0.25) is 0 Å². The molecule has 0 spiro atoms. The van der Waals surface area contributed by atoms with Crippen molar-refractivity contribution >= 4 is 21.9 Å². The summed E-state index contributed by atoms with van der Waals surface area (Å²) in [6.45, 7) is 0. The van der Waals surface area contributed by atoms with Gasteiger partial charge >= 0.3 is 0 Å². The van der Waals surface area contributed by atoms with Gasteiger partial charge in [0, 0.05) is 21.9 Å². The molecule has 0 unspecified atom stereocenters. The molecule has 4 heteroatoms. The lowest BCUT2D eigenvalue weighted by molar-refractivity contribution is 0.669. The average molecular weight is 562 g/mol. The number of benzene rings is 6. The summed E-state index contributed by atoms with van der Waals surface area (Å²) in [7, 11) is 0. The van der Waals surface area contributed by atoms with E-state index in [-0.39, 0.29) is 35.3 Å². The molecule has 0 saturated heterocycles. The van der Waals surface area contributed by atoms with Gasteiger partial charge in [-0.2, -0.15) is 0 Å². The Morgan fingerprint density at radius 2 is 1.02 bits per heavy atom. The molecule has 0 aliphatic carbocycles. The quantitative estimate of drug-likeness (QED) is 0.210. The van der Waals surface area contributed by atoms with Crippen molar-refractivity contribution in [3.63, 3.8) is 0 Å². The summed E-state index contributed by atoms with van der Waals surface area (Å²) in [6, 6.07) is 23.2. The number of hydrogen-bond acceptors (Lipinski definition) is 4. The number of furan rings is 1. The van der Waals surface area contributed by atoms with Crippen LogP contribution in [-0.4, -0.2) is 15.0 Å². The second-order valence-corrected chi connectivity index (χ2v) is 9.74. The molecule has 0 radical (unpaired) electrons. The highest BCUT2D eigenvalue weighted by atomic mass is 16.3. The number of hydrogen-bond donors (Lipinski definition) is 0. The van der Waals surface area contributed by atoms with Crippen molar-refractivity contribution in [1.82, 2.24) is 15.0 Å². The first-order chi connectivity index (χ1) is 25.4. The summed E-state index contributed by atoms with van der Waals surface area (Å²) in [4.78, 5) is 14.5. The summed E-state index contributed by atoms with van der Waals surface area (Å²) in [5, 5.41) is 1.51. The molecule has 0 atom stereocenters. The first kappa shape index (κ1) is 16.5. The zero-order chi connectivity index (χ0) is 37.3. The molecule has 43 heavy (non-hydrogen) atoms. The van der Waals surface area contributed by atoms with E-state index in [0.717, 1.165) is 16.3 Å². The lowest BCUT2D eigenvalue weighted by atomic mass is 10.0. The van der Waals surface area contributed by atoms with Crippen LogP contribution in [-0.2, 0) is 0 Å².